The maximum absolute atomic E-state index is 14.5. The van der Waals surface area contributed by atoms with Crippen molar-refractivity contribution in [2.24, 2.45) is 23.7 Å². The number of aromatic nitrogens is 4. The van der Waals surface area contributed by atoms with E-state index in [1.165, 1.54) is 23.8 Å². The molecule has 1 unspecified atom stereocenters. The standard InChI is InChI=1S/C56H74N10O5/c1-30(2)48(62-54(69)57-8)52(67)65-42-14-10-12-32(42)28-46(65)50-58-38-22-16-34(26-40(38)60-50)44-24-25-45(64(44)37-20-18-36(19-21-37)56(5,6)7)35-17-23-39-41(27-35)61-51(59-39)47-29-33-13-11-15-43(33)66(47)53(68)49(31(3)4)63-55(70)71-9/h16-23,26-27,30-33,42-49H,10-15,24-25,28-29H2,1-9H3,(H,58,60)(H,59,61)(H,63,70)(H2,57,62,69)/t32-,33-,42-,43-,44+,45+,46?,47-,48-,49-/m0/s1. The van der Waals surface area contributed by atoms with E-state index in [0.29, 0.717) is 11.8 Å². The van der Waals surface area contributed by atoms with E-state index in [4.69, 9.17) is 14.7 Å². The predicted octanol–water partition coefficient (Wildman–Crippen LogP) is 10.0. The van der Waals surface area contributed by atoms with E-state index in [0.717, 1.165) is 104 Å². The van der Waals surface area contributed by atoms with Crippen LogP contribution in [0, 0.1) is 23.7 Å². The summed E-state index contributed by atoms with van der Waals surface area (Å²) < 4.78 is 4.93. The van der Waals surface area contributed by atoms with Gasteiger partial charge in [0.1, 0.15) is 23.7 Å². The monoisotopic (exact) mass is 967 g/mol. The van der Waals surface area contributed by atoms with Crippen LogP contribution in [0.15, 0.2) is 60.7 Å². The third kappa shape index (κ3) is 9.00. The van der Waals surface area contributed by atoms with Crippen LogP contribution < -0.4 is 20.9 Å². The number of ether oxygens (including phenoxy) is 1. The second kappa shape index (κ2) is 19.1. The van der Waals surface area contributed by atoms with Gasteiger partial charge in [-0.1, -0.05) is 85.6 Å². The van der Waals surface area contributed by atoms with Gasteiger partial charge in [0, 0.05) is 24.8 Å². The molecule has 71 heavy (non-hydrogen) atoms. The lowest BCUT2D eigenvalue weighted by Gasteiger charge is -2.34. The van der Waals surface area contributed by atoms with Gasteiger partial charge in [-0.2, -0.15) is 0 Å². The molecule has 0 spiro atoms. The SMILES string of the molecule is CNC(=O)N[C@H](C(=O)N1C(c2nc3ccc([C@H]4CC[C@H](c5ccc6nc([C@@H]7C[C@@H]8CCC[C@@H]8N7C(=O)[C@@H](NC(=O)OC)C(C)C)[nH]c6c5)N4c4ccc(C(C)(C)C)cc4)cc3[nH]2)C[C@@H]2CCC[C@@H]21)C(C)C. The number of fused-ring (bicyclic) bond motifs is 4. The normalized spacial score (nSPS) is 26.1. The van der Waals surface area contributed by atoms with E-state index >= 15 is 0 Å². The van der Waals surface area contributed by atoms with Crippen LogP contribution in [0.25, 0.3) is 22.1 Å². The maximum Gasteiger partial charge on any atom is 0.407 e. The quantitative estimate of drug-likeness (QED) is 0.0868. The lowest BCUT2D eigenvalue weighted by Crippen LogP contribution is -2.54. The number of methoxy groups -OCH3 is 1. The molecule has 10 rings (SSSR count). The molecule has 2 saturated carbocycles. The van der Waals surface area contributed by atoms with Gasteiger partial charge >= 0.3 is 12.1 Å². The van der Waals surface area contributed by atoms with E-state index in [2.05, 4.69) is 117 Å². The van der Waals surface area contributed by atoms with Gasteiger partial charge in [-0.3, -0.25) is 9.59 Å². The highest BCUT2D eigenvalue weighted by atomic mass is 16.5. The Labute approximate surface area is 418 Å². The van der Waals surface area contributed by atoms with E-state index in [-0.39, 0.29) is 71.3 Å². The van der Waals surface area contributed by atoms with Crippen LogP contribution in [0.1, 0.15) is 165 Å². The fraction of sp³-hybridized carbons (Fsp3) is 0.571. The summed E-state index contributed by atoms with van der Waals surface area (Å²) in [6.07, 6.45) is 9.22. The number of H-pyrrole nitrogens is 2. The number of anilines is 1. The van der Waals surface area contributed by atoms with Crippen LogP contribution in [-0.4, -0.2) is 92.0 Å². The van der Waals surface area contributed by atoms with Crippen molar-refractivity contribution >= 4 is 51.7 Å². The van der Waals surface area contributed by atoms with Crippen molar-refractivity contribution in [1.82, 2.24) is 45.7 Å². The van der Waals surface area contributed by atoms with Gasteiger partial charge in [0.05, 0.1) is 53.3 Å². The molecule has 15 heteroatoms. The number of urea groups is 1. The Bertz CT molecular complexity index is 2630. The lowest BCUT2D eigenvalue weighted by atomic mass is 9.87. The van der Waals surface area contributed by atoms with Crippen molar-refractivity contribution in [3.8, 4) is 0 Å². The molecule has 378 valence electrons. The fourth-order valence-electron chi connectivity index (χ4n) is 13.2. The molecule has 0 bridgehead atoms. The molecule has 2 aliphatic carbocycles. The minimum Gasteiger partial charge on any atom is -0.453 e. The molecular weight excluding hydrogens is 893 g/mol. The minimum atomic E-state index is -0.703. The second-order valence-corrected chi connectivity index (χ2v) is 22.9. The van der Waals surface area contributed by atoms with E-state index in [9.17, 15) is 19.2 Å². The Morgan fingerprint density at radius 2 is 1.13 bits per heavy atom. The van der Waals surface area contributed by atoms with Crippen molar-refractivity contribution < 1.29 is 23.9 Å². The predicted molar refractivity (Wildman–Crippen MR) is 276 cm³/mol. The summed E-state index contributed by atoms with van der Waals surface area (Å²) in [7, 11) is 2.90. The Morgan fingerprint density at radius 3 is 1.56 bits per heavy atom. The fourth-order valence-corrected chi connectivity index (χ4v) is 13.2. The van der Waals surface area contributed by atoms with Gasteiger partial charge in [-0.15, -0.1) is 0 Å². The summed E-state index contributed by atoms with van der Waals surface area (Å²) in [5.74, 6) is 2.07. The zero-order valence-corrected chi connectivity index (χ0v) is 43.1. The molecule has 5 N–H and O–H groups in total. The lowest BCUT2D eigenvalue weighted by molar-refractivity contribution is -0.138. The summed E-state index contributed by atoms with van der Waals surface area (Å²) in [6, 6.07) is 20.6. The van der Waals surface area contributed by atoms with Gasteiger partial charge in [-0.25, -0.2) is 19.6 Å². The largest absolute Gasteiger partial charge is 0.453 e. The van der Waals surface area contributed by atoms with Crippen LogP contribution in [0.3, 0.4) is 0 Å². The zero-order valence-electron chi connectivity index (χ0n) is 43.1. The number of rotatable bonds is 11. The number of nitrogens with one attached hydrogen (secondary N) is 5. The molecule has 5 aromatic rings. The Morgan fingerprint density at radius 1 is 0.648 bits per heavy atom. The topological polar surface area (TPSA) is 181 Å². The highest BCUT2D eigenvalue weighted by Gasteiger charge is 2.51. The third-order valence-electron chi connectivity index (χ3n) is 16.9. The first kappa shape index (κ1) is 48.5. The van der Waals surface area contributed by atoms with E-state index in [1.54, 1.807) is 7.05 Å². The van der Waals surface area contributed by atoms with Crippen LogP contribution in [-0.2, 0) is 19.7 Å². The minimum absolute atomic E-state index is 0.00923. The summed E-state index contributed by atoms with van der Waals surface area (Å²) in [6.45, 7) is 14.6. The highest BCUT2D eigenvalue weighted by Crippen LogP contribution is 2.51. The number of nitrogens with zero attached hydrogens (tertiary/aromatic N) is 5. The Kier molecular flexibility index (Phi) is 13.1. The summed E-state index contributed by atoms with van der Waals surface area (Å²) in [5.41, 5.74) is 8.48. The first-order chi connectivity index (χ1) is 34.0. The Balaban J connectivity index is 0.963. The van der Waals surface area contributed by atoms with Gasteiger partial charge in [0.15, 0.2) is 0 Å². The van der Waals surface area contributed by atoms with Gasteiger partial charge in [-0.05, 0) is 134 Å². The van der Waals surface area contributed by atoms with Crippen molar-refractivity contribution in [1.29, 1.82) is 0 Å². The number of likely N-dealkylation sites (tertiary alicyclic amines) is 2. The molecule has 3 aliphatic heterocycles. The molecule has 3 aromatic carbocycles. The van der Waals surface area contributed by atoms with Crippen molar-refractivity contribution in [2.45, 2.75) is 166 Å². The van der Waals surface area contributed by atoms with Crippen molar-refractivity contribution in [3.05, 3.63) is 89.0 Å². The van der Waals surface area contributed by atoms with E-state index < -0.39 is 18.2 Å². The average molecular weight is 967 g/mol. The number of amides is 5. The van der Waals surface area contributed by atoms with Crippen LogP contribution in [0.4, 0.5) is 15.3 Å². The molecule has 5 fully saturated rings. The first-order valence-corrected chi connectivity index (χ1v) is 26.4. The molecule has 5 amide bonds. The number of hydrogen-bond donors (Lipinski definition) is 5. The van der Waals surface area contributed by atoms with Crippen LogP contribution in [0.2, 0.25) is 0 Å². The van der Waals surface area contributed by atoms with Crippen molar-refractivity contribution in [3.63, 3.8) is 0 Å². The highest BCUT2D eigenvalue weighted by molar-refractivity contribution is 5.89. The van der Waals surface area contributed by atoms with Crippen LogP contribution in [0.5, 0.6) is 0 Å². The first-order valence-electron chi connectivity index (χ1n) is 26.4. The van der Waals surface area contributed by atoms with E-state index in [1.807, 2.05) is 32.6 Å². The number of alkyl carbamates (subject to hydrolysis) is 1. The number of imidazole rings is 2. The second-order valence-electron chi connectivity index (χ2n) is 22.9. The van der Waals surface area contributed by atoms with Crippen LogP contribution >= 0.6 is 0 Å². The number of aromatic amines is 2. The summed E-state index contributed by atoms with van der Waals surface area (Å²) in [5, 5.41) is 8.41. The molecule has 2 aromatic heterocycles. The zero-order chi connectivity index (χ0) is 50.0. The molecule has 5 aliphatic rings. The number of benzene rings is 3. The average Bonchev–Trinajstić information content (AvgIpc) is 4.21. The smallest absolute Gasteiger partial charge is 0.407 e. The number of carbonyl (C=O) groups is 4. The third-order valence-corrected chi connectivity index (χ3v) is 16.9. The number of carbonyl (C=O) groups excluding carboxylic acids is 4. The molecule has 0 radical (unpaired) electrons. The molecule has 3 saturated heterocycles. The van der Waals surface area contributed by atoms with Gasteiger partial charge < -0.3 is 45.4 Å². The van der Waals surface area contributed by atoms with Crippen molar-refractivity contribution in [2.75, 3.05) is 19.1 Å². The maximum atomic E-state index is 14.5. The molecule has 15 nitrogen and oxygen atoms in total. The molecular formula is C56H74N10O5. The molecule has 5 heterocycles. The van der Waals surface area contributed by atoms with Gasteiger partial charge in [0.25, 0.3) is 0 Å². The number of hydrogen-bond acceptors (Lipinski definition) is 8. The molecule has 10 atom stereocenters. The van der Waals surface area contributed by atoms with Gasteiger partial charge in [0.2, 0.25) is 11.8 Å². The summed E-state index contributed by atoms with van der Waals surface area (Å²) >= 11 is 0. The Hall–Kier alpha value is -6.12. The summed E-state index contributed by atoms with van der Waals surface area (Å²) in [4.78, 5) is 78.4.